The molecule has 0 aromatic heterocycles. The molecule has 1 rings (SSSR count). The smallest absolute Gasteiger partial charge is 0.312 e. The number of nitrogens with zero attached hydrogens (tertiary/aromatic N) is 1. The van der Waals surface area contributed by atoms with Crippen LogP contribution in [0.2, 0.25) is 0 Å². The molecule has 0 aliphatic carbocycles. The summed E-state index contributed by atoms with van der Waals surface area (Å²) < 4.78 is 4.88. The molecule has 1 atom stereocenters. The van der Waals surface area contributed by atoms with Gasteiger partial charge in [0.05, 0.1) is 18.0 Å². The molecule has 0 fully saturated rings. The van der Waals surface area contributed by atoms with Gasteiger partial charge < -0.3 is 15.8 Å². The summed E-state index contributed by atoms with van der Waals surface area (Å²) in [6, 6.07) is 4.25. The maximum absolute atomic E-state index is 11.8. The first-order valence-corrected chi connectivity index (χ1v) is 5.86. The van der Waals surface area contributed by atoms with Crippen LogP contribution in [-0.4, -0.2) is 24.5 Å². The second-order valence-electron chi connectivity index (χ2n) is 3.97. The van der Waals surface area contributed by atoms with Crippen LogP contribution < -0.4 is 15.8 Å². The van der Waals surface area contributed by atoms with Gasteiger partial charge >= 0.3 is 5.69 Å². The molecule has 7 nitrogen and oxygen atoms in total. The minimum absolute atomic E-state index is 0.147. The SMILES string of the molecule is CCC(CN)C(=O)Nc1ccc(OC)c([N+](=O)[O-])c1. The number of benzene rings is 1. The van der Waals surface area contributed by atoms with E-state index in [2.05, 4.69) is 5.32 Å². The van der Waals surface area contributed by atoms with Crippen LogP contribution in [0.1, 0.15) is 13.3 Å². The van der Waals surface area contributed by atoms with E-state index in [0.29, 0.717) is 12.1 Å². The number of rotatable bonds is 6. The maximum Gasteiger partial charge on any atom is 0.312 e. The average Bonchev–Trinajstić information content (AvgIpc) is 2.40. The molecule has 104 valence electrons. The maximum atomic E-state index is 11.8. The van der Waals surface area contributed by atoms with Crippen molar-refractivity contribution in [2.75, 3.05) is 19.0 Å². The summed E-state index contributed by atoms with van der Waals surface area (Å²) in [7, 11) is 1.35. The number of nitrogens with one attached hydrogen (secondary N) is 1. The predicted octanol–water partition coefficient (Wildman–Crippen LogP) is 1.53. The number of nitro benzene ring substituents is 1. The number of methoxy groups -OCH3 is 1. The predicted molar refractivity (Wildman–Crippen MR) is 71.1 cm³/mol. The van der Waals surface area contributed by atoms with E-state index < -0.39 is 4.92 Å². The third-order valence-corrected chi connectivity index (χ3v) is 2.79. The summed E-state index contributed by atoms with van der Waals surface area (Å²) in [4.78, 5) is 22.1. The van der Waals surface area contributed by atoms with Gasteiger partial charge in [-0.1, -0.05) is 6.92 Å². The van der Waals surface area contributed by atoms with Crippen molar-refractivity contribution >= 4 is 17.3 Å². The van der Waals surface area contributed by atoms with Crippen molar-refractivity contribution in [1.82, 2.24) is 0 Å². The highest BCUT2D eigenvalue weighted by Crippen LogP contribution is 2.29. The molecular weight excluding hydrogens is 250 g/mol. The Kier molecular flexibility index (Phi) is 5.25. The normalized spacial score (nSPS) is 11.7. The van der Waals surface area contributed by atoms with Crippen molar-refractivity contribution in [3.8, 4) is 5.75 Å². The molecule has 0 spiro atoms. The Bertz CT molecular complexity index is 472. The van der Waals surface area contributed by atoms with E-state index in [1.807, 2.05) is 6.92 Å². The van der Waals surface area contributed by atoms with Crippen molar-refractivity contribution in [1.29, 1.82) is 0 Å². The first-order valence-electron chi connectivity index (χ1n) is 5.86. The fourth-order valence-corrected chi connectivity index (χ4v) is 1.61. The van der Waals surface area contributed by atoms with E-state index in [-0.39, 0.29) is 29.8 Å². The minimum atomic E-state index is -0.561. The van der Waals surface area contributed by atoms with Crippen molar-refractivity contribution in [3.05, 3.63) is 28.3 Å². The molecule has 1 aromatic carbocycles. The summed E-state index contributed by atoms with van der Waals surface area (Å²) in [5.41, 5.74) is 5.63. The summed E-state index contributed by atoms with van der Waals surface area (Å²) in [5.74, 6) is -0.403. The van der Waals surface area contributed by atoms with E-state index in [0.717, 1.165) is 0 Å². The van der Waals surface area contributed by atoms with E-state index in [1.165, 1.54) is 19.2 Å². The summed E-state index contributed by atoms with van der Waals surface area (Å²) >= 11 is 0. The molecule has 0 heterocycles. The molecule has 0 radical (unpaired) electrons. The van der Waals surface area contributed by atoms with Gasteiger partial charge in [0.2, 0.25) is 5.91 Å². The Morgan fingerprint density at radius 1 is 1.58 bits per heavy atom. The minimum Gasteiger partial charge on any atom is -0.490 e. The van der Waals surface area contributed by atoms with Gasteiger partial charge in [0.15, 0.2) is 5.75 Å². The molecule has 0 bridgehead atoms. The zero-order chi connectivity index (χ0) is 14.4. The van der Waals surface area contributed by atoms with Crippen LogP contribution in [0.25, 0.3) is 0 Å². The Balaban J connectivity index is 2.94. The highest BCUT2D eigenvalue weighted by atomic mass is 16.6. The molecule has 0 aliphatic heterocycles. The van der Waals surface area contributed by atoms with Crippen LogP contribution in [0.3, 0.4) is 0 Å². The molecule has 1 amide bonds. The van der Waals surface area contributed by atoms with Gasteiger partial charge in [-0.15, -0.1) is 0 Å². The molecule has 0 saturated heterocycles. The lowest BCUT2D eigenvalue weighted by Crippen LogP contribution is -2.28. The zero-order valence-corrected chi connectivity index (χ0v) is 10.9. The van der Waals surface area contributed by atoms with E-state index in [1.54, 1.807) is 6.07 Å². The lowest BCUT2D eigenvalue weighted by molar-refractivity contribution is -0.385. The van der Waals surface area contributed by atoms with Crippen LogP contribution in [0.5, 0.6) is 5.75 Å². The molecule has 19 heavy (non-hydrogen) atoms. The number of hydrogen-bond donors (Lipinski definition) is 2. The van der Waals surface area contributed by atoms with Crippen molar-refractivity contribution in [2.24, 2.45) is 11.7 Å². The number of carbonyl (C=O) groups excluding carboxylic acids is 1. The van der Waals surface area contributed by atoms with Gasteiger partial charge in [-0.25, -0.2) is 0 Å². The van der Waals surface area contributed by atoms with Gasteiger partial charge in [0.25, 0.3) is 0 Å². The lowest BCUT2D eigenvalue weighted by Gasteiger charge is -2.13. The Hall–Kier alpha value is -2.15. The van der Waals surface area contributed by atoms with E-state index in [9.17, 15) is 14.9 Å². The van der Waals surface area contributed by atoms with Gasteiger partial charge in [0.1, 0.15) is 0 Å². The van der Waals surface area contributed by atoms with Crippen LogP contribution in [0.15, 0.2) is 18.2 Å². The van der Waals surface area contributed by atoms with Crippen LogP contribution in [0, 0.1) is 16.0 Å². The zero-order valence-electron chi connectivity index (χ0n) is 10.9. The number of anilines is 1. The van der Waals surface area contributed by atoms with Gasteiger partial charge in [-0.2, -0.15) is 0 Å². The number of ether oxygens (including phenoxy) is 1. The molecular formula is C12H17N3O4. The van der Waals surface area contributed by atoms with Crippen molar-refractivity contribution in [2.45, 2.75) is 13.3 Å². The van der Waals surface area contributed by atoms with Crippen LogP contribution >= 0.6 is 0 Å². The fraction of sp³-hybridized carbons (Fsp3) is 0.417. The summed E-state index contributed by atoms with van der Waals surface area (Å²) in [6.07, 6.45) is 0.612. The number of hydrogen-bond acceptors (Lipinski definition) is 5. The third kappa shape index (κ3) is 3.65. The third-order valence-electron chi connectivity index (χ3n) is 2.79. The monoisotopic (exact) mass is 267 g/mol. The van der Waals surface area contributed by atoms with E-state index in [4.69, 9.17) is 10.5 Å². The molecule has 3 N–H and O–H groups in total. The van der Waals surface area contributed by atoms with Crippen molar-refractivity contribution in [3.63, 3.8) is 0 Å². The Labute approximate surface area is 110 Å². The largest absolute Gasteiger partial charge is 0.490 e. The molecule has 1 aromatic rings. The van der Waals surface area contributed by atoms with Gasteiger partial charge in [0, 0.05) is 18.3 Å². The van der Waals surface area contributed by atoms with Crippen LogP contribution in [0.4, 0.5) is 11.4 Å². The second-order valence-corrected chi connectivity index (χ2v) is 3.97. The molecule has 7 heteroatoms. The van der Waals surface area contributed by atoms with Crippen LogP contribution in [-0.2, 0) is 4.79 Å². The number of nitro groups is 1. The second kappa shape index (κ2) is 6.69. The molecule has 1 unspecified atom stereocenters. The van der Waals surface area contributed by atoms with Crippen molar-refractivity contribution < 1.29 is 14.5 Å². The Morgan fingerprint density at radius 2 is 2.26 bits per heavy atom. The highest BCUT2D eigenvalue weighted by Gasteiger charge is 2.18. The quantitative estimate of drug-likeness (QED) is 0.600. The average molecular weight is 267 g/mol. The lowest BCUT2D eigenvalue weighted by atomic mass is 10.1. The first kappa shape index (κ1) is 14.9. The molecule has 0 saturated carbocycles. The topological polar surface area (TPSA) is 107 Å². The van der Waals surface area contributed by atoms with E-state index >= 15 is 0 Å². The number of carbonyl (C=O) groups is 1. The fourth-order valence-electron chi connectivity index (χ4n) is 1.61. The molecule has 0 aliphatic rings. The number of nitrogens with two attached hydrogens (primary N) is 1. The Morgan fingerprint density at radius 3 is 2.74 bits per heavy atom. The van der Waals surface area contributed by atoms with Gasteiger partial charge in [-0.3, -0.25) is 14.9 Å². The number of amides is 1. The summed E-state index contributed by atoms with van der Waals surface area (Å²) in [6.45, 7) is 2.09. The highest BCUT2D eigenvalue weighted by molar-refractivity contribution is 5.93. The van der Waals surface area contributed by atoms with Gasteiger partial charge in [-0.05, 0) is 18.6 Å². The standard InChI is InChI=1S/C12H17N3O4/c1-3-8(7-13)12(16)14-9-4-5-11(19-2)10(6-9)15(17)18/h4-6,8H,3,7,13H2,1-2H3,(H,14,16). The summed E-state index contributed by atoms with van der Waals surface area (Å²) in [5, 5.41) is 13.5. The first-order chi connectivity index (χ1) is 9.03.